The average molecular weight is 291 g/mol. The second-order valence-corrected chi connectivity index (χ2v) is 5.27. The molecule has 0 fully saturated rings. The molecule has 0 unspecified atom stereocenters. The first-order chi connectivity index (χ1) is 9.72. The van der Waals surface area contributed by atoms with Gasteiger partial charge in [0.2, 0.25) is 0 Å². The first-order valence-electron chi connectivity index (χ1n) is 6.34. The molecule has 0 bridgehead atoms. The highest BCUT2D eigenvalue weighted by Gasteiger charge is 2.09. The van der Waals surface area contributed by atoms with E-state index in [1.54, 1.807) is 5.38 Å². The van der Waals surface area contributed by atoms with Gasteiger partial charge in [-0.3, -0.25) is 4.79 Å². The molecule has 4 N–H and O–H groups in total. The lowest BCUT2D eigenvalue weighted by Crippen LogP contribution is -2.23. The molecule has 0 spiro atoms. The summed E-state index contributed by atoms with van der Waals surface area (Å²) >= 11 is 1.45. The van der Waals surface area contributed by atoms with E-state index in [0.717, 1.165) is 16.1 Å². The van der Waals surface area contributed by atoms with E-state index >= 15 is 0 Å². The van der Waals surface area contributed by atoms with Gasteiger partial charge in [0.1, 0.15) is 5.69 Å². The van der Waals surface area contributed by atoms with E-state index in [1.807, 2.05) is 24.3 Å². The van der Waals surface area contributed by atoms with Gasteiger partial charge in [-0.15, -0.1) is 11.3 Å². The van der Waals surface area contributed by atoms with Gasteiger partial charge < -0.3 is 16.2 Å². The number of aromatic nitrogens is 1. The number of nitrogens with two attached hydrogens (primary N) is 1. The lowest BCUT2D eigenvalue weighted by Gasteiger charge is -2.04. The molecular weight excluding hydrogens is 274 g/mol. The van der Waals surface area contributed by atoms with E-state index in [9.17, 15) is 4.79 Å². The molecule has 2 aromatic rings. The number of carbonyl (C=O) groups is 1. The second-order valence-electron chi connectivity index (χ2n) is 4.32. The van der Waals surface area contributed by atoms with Gasteiger partial charge in [0, 0.05) is 18.3 Å². The third-order valence-electron chi connectivity index (χ3n) is 2.80. The van der Waals surface area contributed by atoms with Crippen LogP contribution in [-0.2, 0) is 19.6 Å². The highest BCUT2D eigenvalue weighted by molar-refractivity contribution is 7.09. The van der Waals surface area contributed by atoms with Crippen LogP contribution in [0.5, 0.6) is 0 Å². The second kappa shape index (κ2) is 7.14. The number of aliphatic hydroxyl groups excluding tert-OH is 1. The Labute approximate surface area is 121 Å². The van der Waals surface area contributed by atoms with Crippen LogP contribution in [0.3, 0.4) is 0 Å². The Kier molecular flexibility index (Phi) is 5.23. The number of carbonyl (C=O) groups excluding carboxylic acids is 1. The maximum Gasteiger partial charge on any atom is 0.271 e. The lowest BCUT2D eigenvalue weighted by molar-refractivity contribution is 0.0946. The number of amides is 1. The zero-order chi connectivity index (χ0) is 14.4. The molecule has 1 aromatic carbocycles. The summed E-state index contributed by atoms with van der Waals surface area (Å²) in [6.07, 6.45) is 0.695. The summed E-state index contributed by atoms with van der Waals surface area (Å²) in [6.45, 7) is 0.995. The number of rotatable bonds is 6. The first kappa shape index (κ1) is 14.6. The highest BCUT2D eigenvalue weighted by Crippen LogP contribution is 2.10. The zero-order valence-electron chi connectivity index (χ0n) is 11.0. The van der Waals surface area contributed by atoms with Gasteiger partial charge in [0.05, 0.1) is 11.6 Å². The van der Waals surface area contributed by atoms with Crippen molar-refractivity contribution >= 4 is 17.2 Å². The first-order valence-corrected chi connectivity index (χ1v) is 7.22. The van der Waals surface area contributed by atoms with E-state index in [-0.39, 0.29) is 12.5 Å². The number of aliphatic hydroxyl groups is 1. The van der Waals surface area contributed by atoms with Crippen molar-refractivity contribution in [2.75, 3.05) is 6.54 Å². The van der Waals surface area contributed by atoms with Gasteiger partial charge in [-0.25, -0.2) is 4.98 Å². The molecule has 20 heavy (non-hydrogen) atoms. The molecular formula is C14H17N3O2S. The topological polar surface area (TPSA) is 88.2 Å². The van der Waals surface area contributed by atoms with Gasteiger partial charge in [0.15, 0.2) is 0 Å². The Morgan fingerprint density at radius 3 is 2.65 bits per heavy atom. The number of nitrogens with zero attached hydrogens (tertiary/aromatic N) is 1. The van der Waals surface area contributed by atoms with Crippen molar-refractivity contribution in [1.82, 2.24) is 10.3 Å². The fourth-order valence-corrected chi connectivity index (χ4v) is 2.48. The molecule has 1 amide bonds. The van der Waals surface area contributed by atoms with Gasteiger partial charge in [-0.05, 0) is 17.7 Å². The Bertz CT molecular complexity index is 566. The zero-order valence-corrected chi connectivity index (χ0v) is 11.8. The van der Waals surface area contributed by atoms with Gasteiger partial charge in [-0.2, -0.15) is 0 Å². The quantitative estimate of drug-likeness (QED) is 0.742. The highest BCUT2D eigenvalue weighted by atomic mass is 32.1. The molecule has 5 nitrogen and oxygen atoms in total. The van der Waals surface area contributed by atoms with E-state index in [1.165, 1.54) is 11.3 Å². The van der Waals surface area contributed by atoms with Crippen LogP contribution in [0.1, 0.15) is 26.6 Å². The Hall–Kier alpha value is -1.76. The van der Waals surface area contributed by atoms with Crippen molar-refractivity contribution in [3.05, 3.63) is 51.5 Å². The van der Waals surface area contributed by atoms with Crippen molar-refractivity contribution in [2.45, 2.75) is 19.6 Å². The molecule has 0 saturated heterocycles. The van der Waals surface area contributed by atoms with Gasteiger partial charge in [-0.1, -0.05) is 24.3 Å². The number of thiazole rings is 1. The SMILES string of the molecule is NCCc1nc(C(=O)NCc2ccc(CO)cc2)cs1. The van der Waals surface area contributed by atoms with E-state index in [0.29, 0.717) is 25.2 Å². The van der Waals surface area contributed by atoms with Crippen molar-refractivity contribution in [3.63, 3.8) is 0 Å². The summed E-state index contributed by atoms with van der Waals surface area (Å²) in [5.41, 5.74) is 7.72. The maximum atomic E-state index is 11.9. The number of nitrogens with one attached hydrogen (secondary N) is 1. The summed E-state index contributed by atoms with van der Waals surface area (Å²) < 4.78 is 0. The monoisotopic (exact) mass is 291 g/mol. The van der Waals surface area contributed by atoms with Crippen LogP contribution in [0.2, 0.25) is 0 Å². The smallest absolute Gasteiger partial charge is 0.271 e. The summed E-state index contributed by atoms with van der Waals surface area (Å²) in [6, 6.07) is 7.44. The van der Waals surface area contributed by atoms with Crippen LogP contribution >= 0.6 is 11.3 Å². The van der Waals surface area contributed by atoms with E-state index < -0.39 is 0 Å². The van der Waals surface area contributed by atoms with Gasteiger partial charge >= 0.3 is 0 Å². The minimum atomic E-state index is -0.184. The fraction of sp³-hybridized carbons (Fsp3) is 0.286. The normalized spacial score (nSPS) is 10.5. The van der Waals surface area contributed by atoms with Crippen molar-refractivity contribution in [1.29, 1.82) is 0 Å². The summed E-state index contributed by atoms with van der Waals surface area (Å²) in [7, 11) is 0. The van der Waals surface area contributed by atoms with Crippen LogP contribution in [0.25, 0.3) is 0 Å². The Balaban J connectivity index is 1.90. The molecule has 0 aliphatic carbocycles. The van der Waals surface area contributed by atoms with Crippen LogP contribution in [0, 0.1) is 0 Å². The molecule has 0 atom stereocenters. The summed E-state index contributed by atoms with van der Waals surface area (Å²) in [4.78, 5) is 16.2. The molecule has 1 aromatic heterocycles. The minimum Gasteiger partial charge on any atom is -0.392 e. The molecule has 0 radical (unpaired) electrons. The minimum absolute atomic E-state index is 0.0232. The molecule has 106 valence electrons. The number of benzene rings is 1. The predicted octanol–water partition coefficient (Wildman–Crippen LogP) is 1.07. The van der Waals surface area contributed by atoms with Crippen molar-refractivity contribution in [2.24, 2.45) is 5.73 Å². The Morgan fingerprint density at radius 2 is 2.00 bits per heavy atom. The standard InChI is InChI=1S/C14H17N3O2S/c15-6-5-13-17-12(9-20-13)14(19)16-7-10-1-3-11(8-18)4-2-10/h1-4,9,18H,5-8,15H2,(H,16,19). The van der Waals surface area contributed by atoms with Crippen LogP contribution < -0.4 is 11.1 Å². The van der Waals surface area contributed by atoms with Crippen molar-refractivity contribution < 1.29 is 9.90 Å². The van der Waals surface area contributed by atoms with Crippen LogP contribution in [-0.4, -0.2) is 22.5 Å². The van der Waals surface area contributed by atoms with E-state index in [4.69, 9.17) is 10.8 Å². The molecule has 6 heteroatoms. The third-order valence-corrected chi connectivity index (χ3v) is 3.71. The molecule has 2 rings (SSSR count). The lowest BCUT2D eigenvalue weighted by atomic mass is 10.1. The summed E-state index contributed by atoms with van der Waals surface area (Å²) in [5.74, 6) is -0.184. The Morgan fingerprint density at radius 1 is 1.30 bits per heavy atom. The molecule has 0 saturated carbocycles. The fourth-order valence-electron chi connectivity index (χ4n) is 1.69. The summed E-state index contributed by atoms with van der Waals surface area (Å²) in [5, 5.41) is 14.4. The number of hydrogen-bond donors (Lipinski definition) is 3. The maximum absolute atomic E-state index is 11.9. The third kappa shape index (κ3) is 3.86. The van der Waals surface area contributed by atoms with Crippen LogP contribution in [0.15, 0.2) is 29.6 Å². The molecule has 0 aliphatic heterocycles. The van der Waals surface area contributed by atoms with Crippen molar-refractivity contribution in [3.8, 4) is 0 Å². The molecule has 0 aliphatic rings. The average Bonchev–Trinajstić information content (AvgIpc) is 2.94. The van der Waals surface area contributed by atoms with Crippen LogP contribution in [0.4, 0.5) is 0 Å². The van der Waals surface area contributed by atoms with Gasteiger partial charge in [0.25, 0.3) is 5.91 Å². The largest absolute Gasteiger partial charge is 0.392 e. The number of hydrogen-bond acceptors (Lipinski definition) is 5. The van der Waals surface area contributed by atoms with E-state index in [2.05, 4.69) is 10.3 Å². The molecule has 1 heterocycles. The predicted molar refractivity (Wildman–Crippen MR) is 78.4 cm³/mol.